The molecule has 5 rings (SSSR count). The molecule has 0 radical (unpaired) electrons. The van der Waals surface area contributed by atoms with Crippen LogP contribution in [0.1, 0.15) is 38.6 Å². The molecule has 0 aliphatic heterocycles. The molecule has 0 unspecified atom stereocenters. The smallest absolute Gasteiger partial charge is 0.302 e. The number of para-hydroxylation sites is 1. The van der Waals surface area contributed by atoms with E-state index in [0.29, 0.717) is 28.7 Å². The molecule has 180 valence electrons. The number of carbonyl (C=O) groups excluding carboxylic acids is 1. The first-order valence-corrected chi connectivity index (χ1v) is 11.3. The summed E-state index contributed by atoms with van der Waals surface area (Å²) in [5, 5.41) is 5.44. The molecular formula is C25H23F2N5O3. The van der Waals surface area contributed by atoms with Crippen LogP contribution in [-0.2, 0) is 9.53 Å². The fourth-order valence-electron chi connectivity index (χ4n) is 4.51. The number of hydrogen-bond donors (Lipinski definition) is 1. The van der Waals surface area contributed by atoms with E-state index in [1.54, 1.807) is 24.3 Å². The Bertz CT molecular complexity index is 1370. The number of ether oxygens (including phenoxy) is 2. The van der Waals surface area contributed by atoms with Gasteiger partial charge in [0.25, 0.3) is 0 Å². The van der Waals surface area contributed by atoms with Crippen LogP contribution in [0.25, 0.3) is 22.3 Å². The number of nitrogens with two attached hydrogens (primary N) is 1. The summed E-state index contributed by atoms with van der Waals surface area (Å²) in [6.45, 7) is 1.41. The summed E-state index contributed by atoms with van der Waals surface area (Å²) in [7, 11) is 0. The monoisotopic (exact) mass is 479 g/mol. The largest absolute Gasteiger partial charge is 0.462 e. The highest BCUT2D eigenvalue weighted by molar-refractivity contribution is 5.98. The highest BCUT2D eigenvalue weighted by atomic mass is 19.1. The van der Waals surface area contributed by atoms with Gasteiger partial charge in [-0.15, -0.1) is 0 Å². The molecule has 8 nitrogen and oxygen atoms in total. The first-order valence-electron chi connectivity index (χ1n) is 11.3. The maximum atomic E-state index is 13.9. The van der Waals surface area contributed by atoms with Crippen molar-refractivity contribution < 1.29 is 23.0 Å². The fourth-order valence-corrected chi connectivity index (χ4v) is 4.51. The summed E-state index contributed by atoms with van der Waals surface area (Å²) in [4.78, 5) is 20.0. The van der Waals surface area contributed by atoms with Gasteiger partial charge in [0, 0.05) is 18.9 Å². The summed E-state index contributed by atoms with van der Waals surface area (Å²) in [5.41, 5.74) is 8.10. The molecule has 1 aliphatic rings. The molecule has 35 heavy (non-hydrogen) atoms. The predicted octanol–water partition coefficient (Wildman–Crippen LogP) is 5.19. The van der Waals surface area contributed by atoms with Gasteiger partial charge in [-0.25, -0.2) is 23.4 Å². The number of halogens is 2. The zero-order valence-corrected chi connectivity index (χ0v) is 18.9. The maximum absolute atomic E-state index is 13.9. The lowest BCUT2D eigenvalue weighted by atomic mass is 9.93. The molecule has 4 aromatic rings. The van der Waals surface area contributed by atoms with Gasteiger partial charge >= 0.3 is 5.97 Å². The lowest BCUT2D eigenvalue weighted by Crippen LogP contribution is -2.27. The summed E-state index contributed by atoms with van der Waals surface area (Å²) in [6, 6.07) is 10.2. The van der Waals surface area contributed by atoms with Crippen LogP contribution in [0.3, 0.4) is 0 Å². The Morgan fingerprint density at radius 1 is 1.09 bits per heavy atom. The molecule has 2 aromatic carbocycles. The molecule has 2 heterocycles. The highest BCUT2D eigenvalue weighted by Gasteiger charge is 2.29. The van der Waals surface area contributed by atoms with Crippen LogP contribution in [-0.4, -0.2) is 31.8 Å². The van der Waals surface area contributed by atoms with Gasteiger partial charge in [-0.1, -0.05) is 6.07 Å². The minimum absolute atomic E-state index is 0.0229. The van der Waals surface area contributed by atoms with E-state index in [1.807, 2.05) is 4.68 Å². The third-order valence-corrected chi connectivity index (χ3v) is 6.06. The Hall–Kier alpha value is -4.08. The van der Waals surface area contributed by atoms with Gasteiger partial charge in [0.2, 0.25) is 0 Å². The molecule has 2 atom stereocenters. The first kappa shape index (κ1) is 22.7. The number of anilines is 1. The van der Waals surface area contributed by atoms with E-state index in [-0.39, 0.29) is 29.7 Å². The zero-order chi connectivity index (χ0) is 24.5. The molecule has 0 saturated heterocycles. The number of nitrogen functional groups attached to an aromatic ring is 1. The normalized spacial score (nSPS) is 17.9. The number of nitrogens with zero attached hydrogens (tertiary/aromatic N) is 4. The van der Waals surface area contributed by atoms with E-state index in [0.717, 1.165) is 31.4 Å². The van der Waals surface area contributed by atoms with E-state index in [2.05, 4.69) is 9.97 Å². The number of rotatable bonds is 5. The van der Waals surface area contributed by atoms with Gasteiger partial charge in [-0.3, -0.25) is 4.79 Å². The molecule has 1 saturated carbocycles. The van der Waals surface area contributed by atoms with Crippen LogP contribution < -0.4 is 10.5 Å². The summed E-state index contributed by atoms with van der Waals surface area (Å²) in [6.07, 6.45) is 4.40. The highest BCUT2D eigenvalue weighted by Crippen LogP contribution is 2.37. The topological polar surface area (TPSA) is 105 Å². The number of benzene rings is 2. The van der Waals surface area contributed by atoms with Crippen molar-refractivity contribution in [3.8, 4) is 22.8 Å². The van der Waals surface area contributed by atoms with E-state index >= 15 is 0 Å². The van der Waals surface area contributed by atoms with E-state index in [4.69, 9.17) is 20.3 Å². The van der Waals surface area contributed by atoms with E-state index in [1.165, 1.54) is 19.3 Å². The Balaban J connectivity index is 1.48. The van der Waals surface area contributed by atoms with Crippen LogP contribution in [0, 0.1) is 11.6 Å². The fraction of sp³-hybridized carbons (Fsp3) is 0.280. The Labute approximate surface area is 199 Å². The van der Waals surface area contributed by atoms with Gasteiger partial charge in [-0.05, 0) is 55.7 Å². The average molecular weight is 479 g/mol. The van der Waals surface area contributed by atoms with Crippen LogP contribution >= 0.6 is 0 Å². The Morgan fingerprint density at radius 3 is 2.54 bits per heavy atom. The van der Waals surface area contributed by atoms with Gasteiger partial charge in [0.1, 0.15) is 29.7 Å². The Morgan fingerprint density at radius 2 is 1.83 bits per heavy atom. The molecule has 2 aromatic heterocycles. The predicted molar refractivity (Wildman–Crippen MR) is 125 cm³/mol. The van der Waals surface area contributed by atoms with E-state index in [9.17, 15) is 13.6 Å². The van der Waals surface area contributed by atoms with Crippen molar-refractivity contribution in [2.45, 2.75) is 44.8 Å². The van der Waals surface area contributed by atoms with Crippen LogP contribution in [0.2, 0.25) is 0 Å². The zero-order valence-electron chi connectivity index (χ0n) is 18.9. The van der Waals surface area contributed by atoms with Crippen LogP contribution in [0.15, 0.2) is 48.8 Å². The van der Waals surface area contributed by atoms with Crippen molar-refractivity contribution in [2.24, 2.45) is 0 Å². The van der Waals surface area contributed by atoms with Gasteiger partial charge < -0.3 is 15.2 Å². The molecule has 10 heteroatoms. The second-order valence-corrected chi connectivity index (χ2v) is 8.48. The molecular weight excluding hydrogens is 456 g/mol. The Kier molecular flexibility index (Phi) is 6.02. The van der Waals surface area contributed by atoms with Crippen molar-refractivity contribution in [3.05, 3.63) is 60.4 Å². The molecule has 0 amide bonds. The first-order chi connectivity index (χ1) is 16.9. The van der Waals surface area contributed by atoms with E-state index < -0.39 is 17.4 Å². The third kappa shape index (κ3) is 4.51. The number of esters is 1. The summed E-state index contributed by atoms with van der Waals surface area (Å²) >= 11 is 0. The molecule has 0 bridgehead atoms. The van der Waals surface area contributed by atoms with Gasteiger partial charge in [0.05, 0.1) is 11.4 Å². The van der Waals surface area contributed by atoms with Crippen molar-refractivity contribution in [3.63, 3.8) is 0 Å². The standard InChI is InChI=1S/C25H23F2N5O3/c1-14(33)34-18-5-2-4-16(12-18)32-25-21(24(28)29-13-30-25)22(31-32)15-8-10-17(11-9-15)35-23-19(26)6-3-7-20(23)27/h3,6-11,13,16,18H,2,4-5,12H2,1H3,(H2,28,29,30)/t16-,18-/m1/s1. The van der Waals surface area contributed by atoms with Gasteiger partial charge in [-0.2, -0.15) is 5.10 Å². The number of fused-ring (bicyclic) bond motifs is 1. The second kappa shape index (κ2) is 9.28. The molecule has 2 N–H and O–H groups in total. The van der Waals surface area contributed by atoms with Crippen molar-refractivity contribution in [1.29, 1.82) is 0 Å². The number of aromatic nitrogens is 4. The average Bonchev–Trinajstić information content (AvgIpc) is 3.23. The number of carbonyl (C=O) groups is 1. The minimum Gasteiger partial charge on any atom is -0.462 e. The SMILES string of the molecule is CC(=O)O[C@@H]1CCC[C@@H](n2nc(-c3ccc(Oc4c(F)cccc4F)cc3)c3c(N)ncnc32)C1. The van der Waals surface area contributed by atoms with Gasteiger partial charge in [0.15, 0.2) is 23.0 Å². The van der Waals surface area contributed by atoms with Crippen molar-refractivity contribution in [1.82, 2.24) is 19.7 Å². The quantitative estimate of drug-likeness (QED) is 0.393. The third-order valence-electron chi connectivity index (χ3n) is 6.06. The molecule has 1 aliphatic carbocycles. The maximum Gasteiger partial charge on any atom is 0.302 e. The minimum atomic E-state index is -0.789. The summed E-state index contributed by atoms with van der Waals surface area (Å²) in [5.74, 6) is -1.79. The van der Waals surface area contributed by atoms with Crippen molar-refractivity contribution >= 4 is 22.8 Å². The lowest BCUT2D eigenvalue weighted by molar-refractivity contribution is -0.148. The summed E-state index contributed by atoms with van der Waals surface area (Å²) < 4.78 is 40.6. The van der Waals surface area contributed by atoms with Crippen LogP contribution in [0.5, 0.6) is 11.5 Å². The molecule has 0 spiro atoms. The van der Waals surface area contributed by atoms with Crippen LogP contribution in [0.4, 0.5) is 14.6 Å². The molecule has 1 fully saturated rings. The lowest BCUT2D eigenvalue weighted by Gasteiger charge is -2.28. The number of hydrogen-bond acceptors (Lipinski definition) is 7. The second-order valence-electron chi connectivity index (χ2n) is 8.48. The van der Waals surface area contributed by atoms with Crippen molar-refractivity contribution in [2.75, 3.05) is 5.73 Å².